The lowest BCUT2D eigenvalue weighted by atomic mass is 9.99. The fourth-order valence-corrected chi connectivity index (χ4v) is 3.17. The Kier molecular flexibility index (Phi) is 7.33. The number of amides is 3. The van der Waals surface area contributed by atoms with E-state index < -0.39 is 5.54 Å². The summed E-state index contributed by atoms with van der Waals surface area (Å²) >= 11 is 12.1. The maximum atomic E-state index is 12.3. The molecule has 3 N–H and O–H groups in total. The molecule has 3 amide bonds. The van der Waals surface area contributed by atoms with Crippen LogP contribution in [0.2, 0.25) is 10.0 Å². The zero-order chi connectivity index (χ0) is 20.0. The summed E-state index contributed by atoms with van der Waals surface area (Å²) in [6.07, 6.45) is 1.18. The van der Waals surface area contributed by atoms with Crippen molar-refractivity contribution < 1.29 is 9.59 Å². The van der Waals surface area contributed by atoms with Crippen LogP contribution < -0.4 is 16.0 Å². The average molecular weight is 414 g/mol. The summed E-state index contributed by atoms with van der Waals surface area (Å²) in [5.41, 5.74) is 0.113. The molecule has 0 aliphatic carbocycles. The van der Waals surface area contributed by atoms with Gasteiger partial charge in [0.15, 0.2) is 5.96 Å². The van der Waals surface area contributed by atoms with Gasteiger partial charge in [0.25, 0.3) is 5.91 Å². The predicted molar refractivity (Wildman–Crippen MR) is 108 cm³/mol. The quantitative estimate of drug-likeness (QED) is 0.277. The van der Waals surface area contributed by atoms with E-state index >= 15 is 0 Å². The smallest absolute Gasteiger partial charge is 0.325 e. The van der Waals surface area contributed by atoms with Crippen molar-refractivity contribution >= 4 is 41.1 Å². The number of carbonyl (C=O) groups excluding carboxylic acids is 2. The maximum absolute atomic E-state index is 12.3. The third kappa shape index (κ3) is 5.26. The molecule has 0 radical (unpaired) electrons. The van der Waals surface area contributed by atoms with E-state index in [2.05, 4.69) is 20.9 Å². The standard InChI is InChI=1S/C18H25Cl2N5O2/c1-4-18(2)15(26)25(17(27)24-18)9-5-8-22-16(21-3)23-11-12-6-7-13(19)10-14(12)20/h6-7,10H,4-5,8-9,11H2,1-3H3,(H,24,27)(H2,21,22,23). The molecule has 1 fully saturated rings. The SMILES string of the molecule is CCC1(C)NC(=O)N(CCCNC(=NC)NCc2ccc(Cl)cc2Cl)C1=O. The first kappa shape index (κ1) is 21.3. The van der Waals surface area contributed by atoms with Gasteiger partial charge in [0.1, 0.15) is 5.54 Å². The second kappa shape index (κ2) is 9.28. The summed E-state index contributed by atoms with van der Waals surface area (Å²) in [5, 5.41) is 10.2. The molecule has 1 aliphatic rings. The number of nitrogens with zero attached hydrogens (tertiary/aromatic N) is 2. The van der Waals surface area contributed by atoms with Crippen LogP contribution in [0.5, 0.6) is 0 Å². The van der Waals surface area contributed by atoms with E-state index in [0.717, 1.165) is 5.56 Å². The van der Waals surface area contributed by atoms with Crippen molar-refractivity contribution in [1.82, 2.24) is 20.9 Å². The summed E-state index contributed by atoms with van der Waals surface area (Å²) < 4.78 is 0. The molecule has 7 nitrogen and oxygen atoms in total. The Morgan fingerprint density at radius 3 is 2.63 bits per heavy atom. The number of aliphatic imine (C=N–C) groups is 1. The summed E-state index contributed by atoms with van der Waals surface area (Å²) in [6.45, 7) is 5.05. The molecular weight excluding hydrogens is 389 g/mol. The Bertz CT molecular complexity index is 740. The van der Waals surface area contributed by atoms with Crippen LogP contribution in [0.1, 0.15) is 32.3 Å². The Labute approximate surface area is 169 Å². The molecule has 0 saturated carbocycles. The molecule has 1 aliphatic heterocycles. The van der Waals surface area contributed by atoms with E-state index in [9.17, 15) is 9.59 Å². The normalized spacial score (nSPS) is 20.0. The van der Waals surface area contributed by atoms with Crippen LogP contribution in [0.15, 0.2) is 23.2 Å². The van der Waals surface area contributed by atoms with Crippen molar-refractivity contribution in [3.8, 4) is 0 Å². The maximum Gasteiger partial charge on any atom is 0.325 e. The Morgan fingerprint density at radius 1 is 1.30 bits per heavy atom. The molecule has 1 aromatic rings. The fraction of sp³-hybridized carbons (Fsp3) is 0.500. The second-order valence-corrected chi connectivity index (χ2v) is 7.36. The van der Waals surface area contributed by atoms with Crippen molar-refractivity contribution in [2.24, 2.45) is 4.99 Å². The molecule has 0 spiro atoms. The molecule has 1 heterocycles. The van der Waals surface area contributed by atoms with Gasteiger partial charge in [0.2, 0.25) is 0 Å². The Hall–Kier alpha value is -1.99. The first-order chi connectivity index (χ1) is 12.8. The van der Waals surface area contributed by atoms with Gasteiger partial charge in [-0.15, -0.1) is 0 Å². The highest BCUT2D eigenvalue weighted by Gasteiger charge is 2.45. The number of benzene rings is 1. The summed E-state index contributed by atoms with van der Waals surface area (Å²) in [7, 11) is 1.67. The number of hydrogen-bond acceptors (Lipinski definition) is 3. The molecule has 1 unspecified atom stereocenters. The van der Waals surface area contributed by atoms with Gasteiger partial charge in [-0.1, -0.05) is 36.2 Å². The van der Waals surface area contributed by atoms with Crippen LogP contribution in [0.3, 0.4) is 0 Å². The molecule has 0 bridgehead atoms. The van der Waals surface area contributed by atoms with Gasteiger partial charge in [-0.05, 0) is 37.5 Å². The van der Waals surface area contributed by atoms with E-state index in [1.165, 1.54) is 4.90 Å². The van der Waals surface area contributed by atoms with E-state index in [-0.39, 0.29) is 11.9 Å². The number of carbonyl (C=O) groups is 2. The van der Waals surface area contributed by atoms with Gasteiger partial charge >= 0.3 is 6.03 Å². The number of urea groups is 1. The zero-order valence-corrected chi connectivity index (χ0v) is 17.2. The zero-order valence-electron chi connectivity index (χ0n) is 15.7. The van der Waals surface area contributed by atoms with E-state index in [1.807, 2.05) is 13.0 Å². The fourth-order valence-electron chi connectivity index (χ4n) is 2.70. The molecule has 9 heteroatoms. The van der Waals surface area contributed by atoms with Gasteiger partial charge in [0.05, 0.1) is 0 Å². The van der Waals surface area contributed by atoms with Crippen LogP contribution in [-0.4, -0.2) is 48.5 Å². The van der Waals surface area contributed by atoms with Crippen molar-refractivity contribution in [2.45, 2.75) is 38.8 Å². The minimum absolute atomic E-state index is 0.171. The number of nitrogens with one attached hydrogen (secondary N) is 3. The predicted octanol–water partition coefficient (Wildman–Crippen LogP) is 2.77. The monoisotopic (exact) mass is 413 g/mol. The van der Waals surface area contributed by atoms with Crippen LogP contribution in [0, 0.1) is 0 Å². The summed E-state index contributed by atoms with van der Waals surface area (Å²) in [6, 6.07) is 5.00. The number of halogens is 2. The Morgan fingerprint density at radius 2 is 2.04 bits per heavy atom. The number of imide groups is 1. The van der Waals surface area contributed by atoms with Crippen LogP contribution >= 0.6 is 23.2 Å². The Balaban J connectivity index is 1.77. The minimum atomic E-state index is -0.792. The molecule has 1 atom stereocenters. The van der Waals surface area contributed by atoms with Crippen molar-refractivity contribution in [3.63, 3.8) is 0 Å². The third-order valence-corrected chi connectivity index (χ3v) is 5.18. The average Bonchev–Trinajstić information content (AvgIpc) is 2.85. The topological polar surface area (TPSA) is 85.8 Å². The van der Waals surface area contributed by atoms with Crippen LogP contribution in [0.25, 0.3) is 0 Å². The molecular formula is C18H25Cl2N5O2. The lowest BCUT2D eigenvalue weighted by Gasteiger charge is -2.19. The summed E-state index contributed by atoms with van der Waals surface area (Å²) in [5.74, 6) is 0.437. The van der Waals surface area contributed by atoms with Gasteiger partial charge in [-0.3, -0.25) is 14.7 Å². The van der Waals surface area contributed by atoms with E-state index in [0.29, 0.717) is 48.5 Å². The first-order valence-corrected chi connectivity index (χ1v) is 9.59. The van der Waals surface area contributed by atoms with Crippen LogP contribution in [0.4, 0.5) is 4.79 Å². The first-order valence-electron chi connectivity index (χ1n) is 8.83. The lowest BCUT2D eigenvalue weighted by molar-refractivity contribution is -0.130. The van der Waals surface area contributed by atoms with E-state index in [1.54, 1.807) is 26.1 Å². The second-order valence-electron chi connectivity index (χ2n) is 6.51. The minimum Gasteiger partial charge on any atom is -0.356 e. The molecule has 148 valence electrons. The van der Waals surface area contributed by atoms with Gasteiger partial charge < -0.3 is 16.0 Å². The number of guanidine groups is 1. The molecule has 0 aromatic heterocycles. The number of hydrogen-bond donors (Lipinski definition) is 3. The number of rotatable bonds is 7. The highest BCUT2D eigenvalue weighted by molar-refractivity contribution is 6.35. The molecule has 2 rings (SSSR count). The summed E-state index contributed by atoms with van der Waals surface area (Å²) in [4.78, 5) is 29.7. The van der Waals surface area contributed by atoms with Gasteiger partial charge in [-0.25, -0.2) is 4.79 Å². The van der Waals surface area contributed by atoms with E-state index in [4.69, 9.17) is 23.2 Å². The third-order valence-electron chi connectivity index (χ3n) is 4.59. The molecule has 1 saturated heterocycles. The van der Waals surface area contributed by atoms with Crippen molar-refractivity contribution in [2.75, 3.05) is 20.1 Å². The molecule has 1 aromatic carbocycles. The van der Waals surface area contributed by atoms with Gasteiger partial charge in [-0.2, -0.15) is 0 Å². The van der Waals surface area contributed by atoms with Crippen molar-refractivity contribution in [3.05, 3.63) is 33.8 Å². The van der Waals surface area contributed by atoms with Crippen LogP contribution in [-0.2, 0) is 11.3 Å². The van der Waals surface area contributed by atoms with Crippen molar-refractivity contribution in [1.29, 1.82) is 0 Å². The highest BCUT2D eigenvalue weighted by Crippen LogP contribution is 2.21. The largest absolute Gasteiger partial charge is 0.356 e. The molecule has 27 heavy (non-hydrogen) atoms. The lowest BCUT2D eigenvalue weighted by Crippen LogP contribution is -2.43. The van der Waals surface area contributed by atoms with Gasteiger partial charge in [0, 0.05) is 36.7 Å². The highest BCUT2D eigenvalue weighted by atomic mass is 35.5.